The van der Waals surface area contributed by atoms with Crippen molar-refractivity contribution >= 4 is 11.8 Å². The minimum absolute atomic E-state index is 0.410. The van der Waals surface area contributed by atoms with Crippen molar-refractivity contribution in [3.8, 4) is 0 Å². The van der Waals surface area contributed by atoms with E-state index in [4.69, 9.17) is 5.10 Å². The highest BCUT2D eigenvalue weighted by molar-refractivity contribution is 7.99. The van der Waals surface area contributed by atoms with Gasteiger partial charge in [-0.3, -0.25) is 4.68 Å². The normalized spacial score (nSPS) is 12.8. The van der Waals surface area contributed by atoms with Crippen LogP contribution in [0.1, 0.15) is 64.0 Å². The molecule has 3 nitrogen and oxygen atoms in total. The molecule has 0 bridgehead atoms. The van der Waals surface area contributed by atoms with Crippen LogP contribution in [0.2, 0.25) is 0 Å². The highest BCUT2D eigenvalue weighted by atomic mass is 32.2. The molecule has 1 aromatic rings. The highest BCUT2D eigenvalue weighted by Crippen LogP contribution is 2.24. The molecule has 0 saturated heterocycles. The van der Waals surface area contributed by atoms with Gasteiger partial charge in [-0.1, -0.05) is 27.7 Å². The largest absolute Gasteiger partial charge is 0.310 e. The molecule has 116 valence electrons. The Morgan fingerprint density at radius 3 is 2.50 bits per heavy atom. The quantitative estimate of drug-likeness (QED) is 0.666. The first-order chi connectivity index (χ1) is 9.69. The lowest BCUT2D eigenvalue weighted by atomic mass is 10.0. The van der Waals surface area contributed by atoms with E-state index >= 15 is 0 Å². The van der Waals surface area contributed by atoms with Gasteiger partial charge in [-0.05, 0) is 38.5 Å². The topological polar surface area (TPSA) is 29.9 Å². The van der Waals surface area contributed by atoms with E-state index in [1.165, 1.54) is 29.1 Å². The zero-order valence-electron chi connectivity index (χ0n) is 13.8. The zero-order valence-corrected chi connectivity index (χ0v) is 14.6. The van der Waals surface area contributed by atoms with Gasteiger partial charge in [-0.15, -0.1) is 0 Å². The molecule has 1 unspecified atom stereocenters. The Bertz CT molecular complexity index is 387. The van der Waals surface area contributed by atoms with E-state index in [0.717, 1.165) is 31.7 Å². The molecule has 0 aliphatic carbocycles. The van der Waals surface area contributed by atoms with Crippen molar-refractivity contribution in [2.24, 2.45) is 0 Å². The van der Waals surface area contributed by atoms with Crippen LogP contribution in [-0.4, -0.2) is 27.8 Å². The molecule has 0 aliphatic heterocycles. The number of aromatic nitrogens is 2. The molecule has 0 aliphatic rings. The third-order valence-electron chi connectivity index (χ3n) is 3.63. The van der Waals surface area contributed by atoms with Gasteiger partial charge in [-0.2, -0.15) is 16.9 Å². The number of rotatable bonds is 10. The van der Waals surface area contributed by atoms with Crippen molar-refractivity contribution < 1.29 is 0 Å². The maximum absolute atomic E-state index is 4.86. The molecule has 4 heteroatoms. The summed E-state index contributed by atoms with van der Waals surface area (Å²) in [7, 11) is 0. The third-order valence-corrected chi connectivity index (χ3v) is 4.51. The standard InChI is InChI=1S/C16H31N3S/c1-6-10-17-13(5)16-14(7-2)18-19(15(16)8-3)11-12-20-9-4/h13,17H,6-12H2,1-5H3. The van der Waals surface area contributed by atoms with Crippen LogP contribution < -0.4 is 5.32 Å². The predicted octanol–water partition coefficient (Wildman–Crippen LogP) is 3.82. The monoisotopic (exact) mass is 297 g/mol. The maximum Gasteiger partial charge on any atom is 0.0672 e. The number of nitrogens with one attached hydrogen (secondary N) is 1. The third kappa shape index (κ3) is 4.52. The second-order valence-electron chi connectivity index (χ2n) is 5.11. The van der Waals surface area contributed by atoms with Gasteiger partial charge in [0.05, 0.1) is 12.2 Å². The molecule has 1 N–H and O–H groups in total. The van der Waals surface area contributed by atoms with Crippen LogP contribution in [0.25, 0.3) is 0 Å². The van der Waals surface area contributed by atoms with Gasteiger partial charge in [0, 0.05) is 23.1 Å². The fourth-order valence-corrected chi connectivity index (χ4v) is 3.23. The predicted molar refractivity (Wildman–Crippen MR) is 90.7 cm³/mol. The van der Waals surface area contributed by atoms with Crippen LogP contribution in [0.3, 0.4) is 0 Å². The number of hydrogen-bond donors (Lipinski definition) is 1. The average Bonchev–Trinajstić information content (AvgIpc) is 2.82. The molecular formula is C16H31N3S. The number of aryl methyl sites for hydroxylation is 2. The molecule has 1 heterocycles. The average molecular weight is 298 g/mol. The lowest BCUT2D eigenvalue weighted by Gasteiger charge is -2.16. The minimum atomic E-state index is 0.410. The Kier molecular flexibility index (Phi) is 8.31. The molecule has 0 aromatic carbocycles. The Morgan fingerprint density at radius 1 is 1.20 bits per heavy atom. The van der Waals surface area contributed by atoms with E-state index in [0.29, 0.717) is 6.04 Å². The van der Waals surface area contributed by atoms with E-state index in [1.807, 2.05) is 11.8 Å². The first kappa shape index (κ1) is 17.6. The lowest BCUT2D eigenvalue weighted by molar-refractivity contribution is 0.559. The zero-order chi connectivity index (χ0) is 15.0. The van der Waals surface area contributed by atoms with E-state index in [2.05, 4.69) is 44.6 Å². The van der Waals surface area contributed by atoms with Gasteiger partial charge in [0.25, 0.3) is 0 Å². The summed E-state index contributed by atoms with van der Waals surface area (Å²) in [5.74, 6) is 2.34. The van der Waals surface area contributed by atoms with Crippen molar-refractivity contribution in [1.82, 2.24) is 15.1 Å². The first-order valence-electron chi connectivity index (χ1n) is 8.08. The number of thioether (sulfide) groups is 1. The summed E-state index contributed by atoms with van der Waals surface area (Å²) in [6.45, 7) is 13.3. The summed E-state index contributed by atoms with van der Waals surface area (Å²) < 4.78 is 2.25. The van der Waals surface area contributed by atoms with Crippen LogP contribution >= 0.6 is 11.8 Å². The van der Waals surface area contributed by atoms with Crippen molar-refractivity contribution in [3.05, 3.63) is 17.0 Å². The molecular weight excluding hydrogens is 266 g/mol. The Labute approximate surface area is 128 Å². The Morgan fingerprint density at radius 2 is 1.95 bits per heavy atom. The van der Waals surface area contributed by atoms with E-state index in [-0.39, 0.29) is 0 Å². The smallest absolute Gasteiger partial charge is 0.0672 e. The summed E-state index contributed by atoms with van der Waals surface area (Å²) in [5, 5.41) is 8.48. The highest BCUT2D eigenvalue weighted by Gasteiger charge is 2.19. The van der Waals surface area contributed by atoms with Gasteiger partial charge in [0.2, 0.25) is 0 Å². The molecule has 0 fully saturated rings. The van der Waals surface area contributed by atoms with Gasteiger partial charge in [0.1, 0.15) is 0 Å². The summed E-state index contributed by atoms with van der Waals surface area (Å²) >= 11 is 1.99. The molecule has 0 saturated carbocycles. The molecule has 1 atom stereocenters. The summed E-state index contributed by atoms with van der Waals surface area (Å²) in [6.07, 6.45) is 3.26. The fraction of sp³-hybridized carbons (Fsp3) is 0.812. The first-order valence-corrected chi connectivity index (χ1v) is 9.24. The summed E-state index contributed by atoms with van der Waals surface area (Å²) in [6, 6.07) is 0.410. The van der Waals surface area contributed by atoms with Gasteiger partial charge in [0.15, 0.2) is 0 Å². The van der Waals surface area contributed by atoms with Crippen LogP contribution in [0, 0.1) is 0 Å². The minimum Gasteiger partial charge on any atom is -0.310 e. The Balaban J connectivity index is 2.94. The van der Waals surface area contributed by atoms with Gasteiger partial charge in [-0.25, -0.2) is 0 Å². The second-order valence-corrected chi connectivity index (χ2v) is 6.50. The lowest BCUT2D eigenvalue weighted by Crippen LogP contribution is -2.21. The second kappa shape index (κ2) is 9.46. The van der Waals surface area contributed by atoms with E-state index in [1.54, 1.807) is 0 Å². The Hall–Kier alpha value is -0.480. The molecule has 1 aromatic heterocycles. The summed E-state index contributed by atoms with van der Waals surface area (Å²) in [5.41, 5.74) is 4.15. The van der Waals surface area contributed by atoms with E-state index in [9.17, 15) is 0 Å². The van der Waals surface area contributed by atoms with Crippen molar-refractivity contribution in [3.63, 3.8) is 0 Å². The molecule has 20 heavy (non-hydrogen) atoms. The van der Waals surface area contributed by atoms with E-state index < -0.39 is 0 Å². The van der Waals surface area contributed by atoms with Gasteiger partial charge >= 0.3 is 0 Å². The SMILES string of the molecule is CCCNC(C)c1c(CC)nn(CCSCC)c1CC. The molecule has 0 spiro atoms. The van der Waals surface area contributed by atoms with Crippen LogP contribution in [0.15, 0.2) is 0 Å². The molecule has 0 amide bonds. The summed E-state index contributed by atoms with van der Waals surface area (Å²) in [4.78, 5) is 0. The van der Waals surface area contributed by atoms with Crippen LogP contribution in [0.5, 0.6) is 0 Å². The van der Waals surface area contributed by atoms with Crippen molar-refractivity contribution in [2.75, 3.05) is 18.1 Å². The van der Waals surface area contributed by atoms with Crippen LogP contribution in [-0.2, 0) is 19.4 Å². The van der Waals surface area contributed by atoms with Crippen molar-refractivity contribution in [2.45, 2.75) is 66.5 Å². The van der Waals surface area contributed by atoms with Gasteiger partial charge < -0.3 is 5.32 Å². The number of hydrogen-bond acceptors (Lipinski definition) is 3. The van der Waals surface area contributed by atoms with Crippen molar-refractivity contribution in [1.29, 1.82) is 0 Å². The number of nitrogens with zero attached hydrogens (tertiary/aromatic N) is 2. The molecule has 0 radical (unpaired) electrons. The fourth-order valence-electron chi connectivity index (χ4n) is 2.64. The maximum atomic E-state index is 4.86. The molecule has 1 rings (SSSR count). The van der Waals surface area contributed by atoms with Crippen LogP contribution in [0.4, 0.5) is 0 Å².